The Labute approximate surface area is 367 Å². The molecule has 374 valence electrons. The van der Waals surface area contributed by atoms with Gasteiger partial charge >= 0.3 is 0 Å². The van der Waals surface area contributed by atoms with Crippen LogP contribution in [0.2, 0.25) is 0 Å². The van der Waals surface area contributed by atoms with E-state index in [1.807, 2.05) is 12.1 Å². The van der Waals surface area contributed by atoms with Crippen LogP contribution in [0.5, 0.6) is 0 Å². The van der Waals surface area contributed by atoms with E-state index in [9.17, 15) is 43.5 Å². The van der Waals surface area contributed by atoms with Gasteiger partial charge in [0.15, 0.2) is 18.9 Å². The number of hydrogen-bond donors (Lipinski definition) is 4. The fraction of sp³-hybridized carbons (Fsp3) is 0.947. The van der Waals surface area contributed by atoms with Crippen molar-refractivity contribution in [1.29, 1.82) is 15.3 Å². The van der Waals surface area contributed by atoms with Crippen LogP contribution in [0.25, 0.3) is 0 Å². The first-order valence-electron chi connectivity index (χ1n) is 20.1. The second-order valence-electron chi connectivity index (χ2n) is 15.8. The van der Waals surface area contributed by atoms with Gasteiger partial charge in [-0.2, -0.15) is 10.5 Å². The first kappa shape index (κ1) is 63.0. The lowest BCUT2D eigenvalue weighted by Crippen LogP contribution is -2.34. The van der Waals surface area contributed by atoms with Crippen molar-refractivity contribution in [2.75, 3.05) is 78.5 Å². The molecule has 0 saturated carbocycles. The Balaban J connectivity index is 0. The molecule has 0 aromatic carbocycles. The topological polar surface area (TPSA) is 234 Å². The van der Waals surface area contributed by atoms with E-state index >= 15 is 0 Å². The minimum Gasteiger partial charge on any atom is -0.390 e. The van der Waals surface area contributed by atoms with E-state index in [1.165, 1.54) is 47.1 Å². The molecule has 0 bridgehead atoms. The van der Waals surface area contributed by atoms with Crippen LogP contribution >= 0.6 is 0 Å². The summed E-state index contributed by atoms with van der Waals surface area (Å²) in [4.78, 5) is 0. The highest BCUT2D eigenvalue weighted by Gasteiger charge is 2.35. The fourth-order valence-electron chi connectivity index (χ4n) is 3.97. The highest BCUT2D eigenvalue weighted by atomic mass is 32.2. The fourth-order valence-corrected chi connectivity index (χ4v) is 5.07. The summed E-state index contributed by atoms with van der Waals surface area (Å²) in [5.41, 5.74) is 0. The smallest absolute Gasteiger partial charge is 0.293 e. The lowest BCUT2D eigenvalue weighted by molar-refractivity contribution is -0.206. The standard InChI is InChI=1S/C13H22F2N2O3S.C9H16F2O2.C8H14F2O3.C5H10N2OS.C3H6F2O2/c1-12(2,8-16)21(3,18)17-9-13(14,15)10-20-11-6-4-5-7-19-11;1-2-9(10,11)7-13-8-5-3-4-6-12-8;9-8(10,5-11)6-13-7-3-1-2-4-12-7;1-5(2,4-6)9(3,7)8;4-3(5,1-6)2-7/h11H,4-7,9-10H2,1-3H3;8H,2-7H2,1H3;7,11H,1-6H2;7H,1-3H3;6-7H,1-2H2. The van der Waals surface area contributed by atoms with Crippen molar-refractivity contribution in [2.24, 2.45) is 4.36 Å². The van der Waals surface area contributed by atoms with Gasteiger partial charge in [-0.15, -0.1) is 0 Å². The van der Waals surface area contributed by atoms with Crippen molar-refractivity contribution in [3.63, 3.8) is 0 Å². The predicted molar refractivity (Wildman–Crippen MR) is 217 cm³/mol. The van der Waals surface area contributed by atoms with E-state index in [0.29, 0.717) is 32.7 Å². The Morgan fingerprint density at radius 3 is 1.19 bits per heavy atom. The molecule has 0 radical (unpaired) electrons. The molecular formula is C38H68F8N4O11S2. The third-order valence-electron chi connectivity index (χ3n) is 9.07. The van der Waals surface area contributed by atoms with Crippen molar-refractivity contribution in [3.8, 4) is 12.1 Å². The Morgan fingerprint density at radius 2 is 0.952 bits per heavy atom. The summed E-state index contributed by atoms with van der Waals surface area (Å²) in [7, 11) is -5.75. The van der Waals surface area contributed by atoms with Gasteiger partial charge in [-0.05, 0) is 85.5 Å². The van der Waals surface area contributed by atoms with E-state index in [-0.39, 0.29) is 6.42 Å². The highest BCUT2D eigenvalue weighted by molar-refractivity contribution is 7.94. The summed E-state index contributed by atoms with van der Waals surface area (Å²) in [6.45, 7) is 2.19. The number of nitrogens with one attached hydrogen (secondary N) is 1. The monoisotopic (exact) mass is 972 g/mol. The number of nitrogens with zero attached hydrogens (tertiary/aromatic N) is 3. The molecule has 0 spiro atoms. The van der Waals surface area contributed by atoms with Crippen molar-refractivity contribution < 1.29 is 87.3 Å². The van der Waals surface area contributed by atoms with E-state index in [1.54, 1.807) is 0 Å². The average Bonchev–Trinajstić information content (AvgIpc) is 3.25. The van der Waals surface area contributed by atoms with Crippen molar-refractivity contribution in [2.45, 2.75) is 151 Å². The Kier molecular flexibility index (Phi) is 29.6. The molecule has 5 unspecified atom stereocenters. The van der Waals surface area contributed by atoms with Crippen LogP contribution in [0, 0.1) is 27.4 Å². The molecule has 25 heteroatoms. The number of aliphatic hydroxyl groups is 3. The number of alkyl halides is 8. The van der Waals surface area contributed by atoms with Gasteiger partial charge in [-0.3, -0.25) is 4.78 Å². The molecule has 0 amide bonds. The summed E-state index contributed by atoms with van der Waals surface area (Å²) >= 11 is 0. The molecule has 0 aromatic heterocycles. The molecule has 3 saturated heterocycles. The van der Waals surface area contributed by atoms with Crippen LogP contribution in [-0.2, 0) is 47.9 Å². The van der Waals surface area contributed by atoms with E-state index < -0.39 is 118 Å². The van der Waals surface area contributed by atoms with Gasteiger partial charge < -0.3 is 43.7 Å². The molecule has 15 nitrogen and oxygen atoms in total. The molecule has 3 fully saturated rings. The lowest BCUT2D eigenvalue weighted by atomic mass is 10.2. The minimum absolute atomic E-state index is 0.181. The maximum absolute atomic E-state index is 13.7. The summed E-state index contributed by atoms with van der Waals surface area (Å²) in [6, 6.07) is 3.65. The molecule has 4 N–H and O–H groups in total. The van der Waals surface area contributed by atoms with Gasteiger partial charge in [0.05, 0.1) is 31.6 Å². The van der Waals surface area contributed by atoms with Crippen molar-refractivity contribution in [1.82, 2.24) is 0 Å². The Bertz CT molecular complexity index is 1530. The number of hydrogen-bond acceptors (Lipinski definition) is 15. The van der Waals surface area contributed by atoms with Crippen molar-refractivity contribution in [3.05, 3.63) is 0 Å². The zero-order chi connectivity index (χ0) is 49.2. The first-order valence-corrected chi connectivity index (χ1v) is 24.0. The quantitative estimate of drug-likeness (QED) is 0.109. The van der Waals surface area contributed by atoms with Gasteiger partial charge in [-0.1, -0.05) is 6.92 Å². The number of ether oxygens (including phenoxy) is 6. The van der Waals surface area contributed by atoms with Crippen molar-refractivity contribution >= 4 is 19.5 Å². The number of aliphatic hydroxyl groups excluding tert-OH is 3. The van der Waals surface area contributed by atoms with E-state index in [2.05, 4.69) is 4.36 Å². The van der Waals surface area contributed by atoms with Gasteiger partial charge in [0.2, 0.25) is 0 Å². The third-order valence-corrected chi connectivity index (χ3v) is 13.7. The SMILES string of the molecule is CC(C)(C#N)S(C)(=N)=O.CC(C)(C#N)S(C)(=O)=NCC(F)(F)COC1CCCCO1.CCC(F)(F)COC1CCCCO1.OCC(F)(F)CO.OCC(F)(F)COC1CCCCO1. The number of nitriles is 2. The maximum atomic E-state index is 13.7. The van der Waals surface area contributed by atoms with Crippen LogP contribution in [0.4, 0.5) is 35.1 Å². The molecule has 0 aliphatic carbocycles. The number of halogens is 8. The second kappa shape index (κ2) is 29.6. The van der Waals surface area contributed by atoms with E-state index in [0.717, 1.165) is 44.9 Å². The van der Waals surface area contributed by atoms with Crippen LogP contribution in [0.3, 0.4) is 0 Å². The summed E-state index contributed by atoms with van der Waals surface area (Å²) in [6.07, 6.45) is 8.46. The molecule has 3 heterocycles. The van der Waals surface area contributed by atoms with Gasteiger partial charge in [-0.25, -0.2) is 47.9 Å². The summed E-state index contributed by atoms with van der Waals surface area (Å²) in [5, 5.41) is 40.9. The lowest BCUT2D eigenvalue weighted by Gasteiger charge is -2.25. The van der Waals surface area contributed by atoms with Gasteiger partial charge in [0.25, 0.3) is 23.7 Å². The molecule has 3 rings (SSSR count). The molecule has 3 aliphatic rings. The Hall–Kier alpha value is -2.04. The first-order chi connectivity index (χ1) is 28.8. The molecule has 3 aliphatic heterocycles. The normalized spacial score (nSPS) is 21.8. The molecule has 63 heavy (non-hydrogen) atoms. The minimum atomic E-state index is -3.31. The summed E-state index contributed by atoms with van der Waals surface area (Å²) in [5.74, 6) is -12.4. The predicted octanol–water partition coefficient (Wildman–Crippen LogP) is 6.87. The van der Waals surface area contributed by atoms with Crippen LogP contribution in [0.15, 0.2) is 4.36 Å². The summed E-state index contributed by atoms with van der Waals surface area (Å²) < 4.78 is 162. The zero-order valence-electron chi connectivity index (χ0n) is 37.2. The highest BCUT2D eigenvalue weighted by Crippen LogP contribution is 2.24. The largest absolute Gasteiger partial charge is 0.390 e. The zero-order valence-corrected chi connectivity index (χ0v) is 38.8. The number of rotatable bonds is 17. The second-order valence-corrected chi connectivity index (χ2v) is 21.3. The third kappa shape index (κ3) is 29.3. The van der Waals surface area contributed by atoms with Crippen LogP contribution in [-0.4, -0.2) is 154 Å². The molecule has 0 aromatic rings. The Morgan fingerprint density at radius 1 is 0.619 bits per heavy atom. The molecule has 5 atom stereocenters. The van der Waals surface area contributed by atoms with Gasteiger partial charge in [0, 0.05) is 38.8 Å². The van der Waals surface area contributed by atoms with Gasteiger partial charge in [0.1, 0.15) is 55.7 Å². The van der Waals surface area contributed by atoms with Crippen LogP contribution in [0.1, 0.15) is 98.8 Å². The van der Waals surface area contributed by atoms with Crippen LogP contribution < -0.4 is 0 Å². The average molecular weight is 973 g/mol. The molecular weight excluding hydrogens is 905 g/mol. The maximum Gasteiger partial charge on any atom is 0.293 e. The van der Waals surface area contributed by atoms with E-state index in [4.69, 9.17) is 59.0 Å².